The number of amides is 1. The van der Waals surface area contributed by atoms with Gasteiger partial charge in [0, 0.05) is 5.41 Å². The summed E-state index contributed by atoms with van der Waals surface area (Å²) in [4.78, 5) is 11.7. The molecular formula is C17H25NO2. The number of nitrogens with one attached hydrogen (secondary N) is 1. The largest absolute Gasteiger partial charge is 0.492 e. The van der Waals surface area contributed by atoms with E-state index in [9.17, 15) is 4.79 Å². The molecule has 1 aromatic rings. The summed E-state index contributed by atoms with van der Waals surface area (Å²) < 4.78 is 5.72. The molecule has 0 atom stereocenters. The van der Waals surface area contributed by atoms with Crippen LogP contribution in [0.4, 0.5) is 0 Å². The summed E-state index contributed by atoms with van der Waals surface area (Å²) in [5, 5.41) is 2.89. The fourth-order valence-corrected chi connectivity index (χ4v) is 2.40. The maximum atomic E-state index is 11.7. The summed E-state index contributed by atoms with van der Waals surface area (Å²) >= 11 is 0. The molecule has 3 heteroatoms. The minimum Gasteiger partial charge on any atom is -0.492 e. The van der Waals surface area contributed by atoms with Crippen molar-refractivity contribution in [3.05, 3.63) is 29.3 Å². The van der Waals surface area contributed by atoms with Crippen molar-refractivity contribution in [2.45, 2.75) is 46.5 Å². The van der Waals surface area contributed by atoms with Gasteiger partial charge in [-0.25, -0.2) is 0 Å². The molecule has 0 heterocycles. The molecule has 1 amide bonds. The summed E-state index contributed by atoms with van der Waals surface area (Å²) in [6.07, 6.45) is 4.93. The van der Waals surface area contributed by atoms with Gasteiger partial charge in [0.25, 0.3) is 0 Å². The van der Waals surface area contributed by atoms with Crippen molar-refractivity contribution in [2.75, 3.05) is 13.2 Å². The molecule has 1 aromatic carbocycles. The van der Waals surface area contributed by atoms with E-state index in [2.05, 4.69) is 17.4 Å². The van der Waals surface area contributed by atoms with E-state index >= 15 is 0 Å². The topological polar surface area (TPSA) is 38.3 Å². The zero-order valence-electron chi connectivity index (χ0n) is 12.8. The first-order valence-corrected chi connectivity index (χ1v) is 7.50. The third-order valence-corrected chi connectivity index (χ3v) is 3.66. The van der Waals surface area contributed by atoms with Crippen LogP contribution < -0.4 is 10.1 Å². The molecule has 2 rings (SSSR count). The molecule has 1 N–H and O–H groups in total. The summed E-state index contributed by atoms with van der Waals surface area (Å²) in [6.45, 7) is 6.79. The van der Waals surface area contributed by atoms with Crippen LogP contribution in [0.5, 0.6) is 5.75 Å². The van der Waals surface area contributed by atoms with Gasteiger partial charge in [-0.05, 0) is 48.9 Å². The maximum Gasteiger partial charge on any atom is 0.225 e. The van der Waals surface area contributed by atoms with Crippen molar-refractivity contribution in [1.82, 2.24) is 5.32 Å². The third kappa shape index (κ3) is 3.99. The van der Waals surface area contributed by atoms with Crippen LogP contribution in [0, 0.1) is 5.41 Å². The van der Waals surface area contributed by atoms with E-state index in [1.807, 2.05) is 26.8 Å². The molecule has 110 valence electrons. The van der Waals surface area contributed by atoms with Crippen LogP contribution in [0.25, 0.3) is 0 Å². The van der Waals surface area contributed by atoms with Crippen LogP contribution in [0.3, 0.4) is 0 Å². The van der Waals surface area contributed by atoms with E-state index in [1.165, 1.54) is 30.4 Å². The fourth-order valence-electron chi connectivity index (χ4n) is 2.40. The molecule has 0 unspecified atom stereocenters. The highest BCUT2D eigenvalue weighted by atomic mass is 16.5. The second kappa shape index (κ2) is 6.29. The first kappa shape index (κ1) is 14.9. The van der Waals surface area contributed by atoms with E-state index in [0.29, 0.717) is 13.2 Å². The van der Waals surface area contributed by atoms with Crippen molar-refractivity contribution in [3.63, 3.8) is 0 Å². The second-order valence-electron chi connectivity index (χ2n) is 6.49. The lowest BCUT2D eigenvalue weighted by Crippen LogP contribution is -2.37. The predicted octanol–water partition coefficient (Wildman–Crippen LogP) is 3.11. The van der Waals surface area contributed by atoms with Crippen LogP contribution >= 0.6 is 0 Å². The maximum absolute atomic E-state index is 11.7. The molecule has 1 aliphatic rings. The van der Waals surface area contributed by atoms with Gasteiger partial charge in [-0.3, -0.25) is 4.79 Å². The number of carbonyl (C=O) groups excluding carboxylic acids is 1. The Labute approximate surface area is 121 Å². The van der Waals surface area contributed by atoms with Crippen LogP contribution in [0.1, 0.15) is 44.7 Å². The van der Waals surface area contributed by atoms with Gasteiger partial charge in [-0.2, -0.15) is 0 Å². The minimum absolute atomic E-state index is 0.0616. The van der Waals surface area contributed by atoms with Crippen molar-refractivity contribution in [3.8, 4) is 5.75 Å². The standard InChI is InChI=1S/C17H25NO2/c1-17(2,3)16(19)18-10-11-20-15-9-8-13-6-4-5-7-14(13)12-15/h8-9,12H,4-7,10-11H2,1-3H3,(H,18,19). The van der Waals surface area contributed by atoms with Gasteiger partial charge in [-0.1, -0.05) is 26.8 Å². The Bertz CT molecular complexity index is 474. The van der Waals surface area contributed by atoms with Crippen molar-refractivity contribution in [1.29, 1.82) is 0 Å². The van der Waals surface area contributed by atoms with Crippen molar-refractivity contribution in [2.24, 2.45) is 5.41 Å². The Balaban J connectivity index is 1.79. The molecule has 3 nitrogen and oxygen atoms in total. The number of hydrogen-bond acceptors (Lipinski definition) is 2. The van der Waals surface area contributed by atoms with Gasteiger partial charge < -0.3 is 10.1 Å². The average Bonchev–Trinajstić information content (AvgIpc) is 2.42. The Morgan fingerprint density at radius 1 is 1.20 bits per heavy atom. The number of carbonyl (C=O) groups is 1. The molecule has 1 aliphatic carbocycles. The summed E-state index contributed by atoms with van der Waals surface area (Å²) in [6, 6.07) is 6.37. The number of ether oxygens (including phenoxy) is 1. The van der Waals surface area contributed by atoms with Gasteiger partial charge in [0.1, 0.15) is 12.4 Å². The van der Waals surface area contributed by atoms with Crippen molar-refractivity contribution >= 4 is 5.91 Å². The first-order valence-electron chi connectivity index (χ1n) is 7.50. The van der Waals surface area contributed by atoms with E-state index in [4.69, 9.17) is 4.74 Å². The molecule has 0 fully saturated rings. The molecule has 0 aromatic heterocycles. The molecule has 0 saturated heterocycles. The predicted molar refractivity (Wildman–Crippen MR) is 81.0 cm³/mol. The Morgan fingerprint density at radius 3 is 2.60 bits per heavy atom. The minimum atomic E-state index is -0.341. The van der Waals surface area contributed by atoms with Crippen LogP contribution in [-0.2, 0) is 17.6 Å². The summed E-state index contributed by atoms with van der Waals surface area (Å²) in [5.41, 5.74) is 2.54. The SMILES string of the molecule is CC(C)(C)C(=O)NCCOc1ccc2c(c1)CCCC2. The zero-order chi connectivity index (χ0) is 14.6. The van der Waals surface area contributed by atoms with Gasteiger partial charge in [0.2, 0.25) is 5.91 Å². The fraction of sp³-hybridized carbons (Fsp3) is 0.588. The van der Waals surface area contributed by atoms with Gasteiger partial charge in [0.05, 0.1) is 6.54 Å². The summed E-state index contributed by atoms with van der Waals surface area (Å²) in [7, 11) is 0. The Morgan fingerprint density at radius 2 is 1.90 bits per heavy atom. The second-order valence-corrected chi connectivity index (χ2v) is 6.49. The summed E-state index contributed by atoms with van der Waals surface area (Å²) in [5.74, 6) is 0.974. The van der Waals surface area contributed by atoms with Crippen LogP contribution in [-0.4, -0.2) is 19.1 Å². The molecule has 0 spiro atoms. The van der Waals surface area contributed by atoms with Gasteiger partial charge >= 0.3 is 0 Å². The average molecular weight is 275 g/mol. The Hall–Kier alpha value is -1.51. The smallest absolute Gasteiger partial charge is 0.225 e. The monoisotopic (exact) mass is 275 g/mol. The van der Waals surface area contributed by atoms with Crippen molar-refractivity contribution < 1.29 is 9.53 Å². The third-order valence-electron chi connectivity index (χ3n) is 3.66. The highest BCUT2D eigenvalue weighted by Crippen LogP contribution is 2.25. The highest BCUT2D eigenvalue weighted by Gasteiger charge is 2.20. The van der Waals surface area contributed by atoms with Crippen LogP contribution in [0.2, 0.25) is 0 Å². The highest BCUT2D eigenvalue weighted by molar-refractivity contribution is 5.81. The van der Waals surface area contributed by atoms with E-state index in [-0.39, 0.29) is 11.3 Å². The number of fused-ring (bicyclic) bond motifs is 1. The number of benzene rings is 1. The zero-order valence-corrected chi connectivity index (χ0v) is 12.8. The molecule has 0 radical (unpaired) electrons. The first-order chi connectivity index (χ1) is 9.47. The number of rotatable bonds is 4. The van der Waals surface area contributed by atoms with E-state index in [0.717, 1.165) is 12.2 Å². The molecule has 0 bridgehead atoms. The van der Waals surface area contributed by atoms with Gasteiger partial charge in [0.15, 0.2) is 0 Å². The number of aryl methyl sites for hydroxylation is 2. The normalized spacial score (nSPS) is 14.6. The molecular weight excluding hydrogens is 250 g/mol. The Kier molecular flexibility index (Phi) is 4.69. The quantitative estimate of drug-likeness (QED) is 0.857. The van der Waals surface area contributed by atoms with E-state index < -0.39 is 0 Å². The van der Waals surface area contributed by atoms with Gasteiger partial charge in [-0.15, -0.1) is 0 Å². The molecule has 0 saturated carbocycles. The van der Waals surface area contributed by atoms with E-state index in [1.54, 1.807) is 0 Å². The lowest BCUT2D eigenvalue weighted by atomic mass is 9.92. The molecule has 20 heavy (non-hydrogen) atoms. The lowest BCUT2D eigenvalue weighted by Gasteiger charge is -2.18. The number of hydrogen-bond donors (Lipinski definition) is 1. The molecule has 0 aliphatic heterocycles. The lowest BCUT2D eigenvalue weighted by molar-refractivity contribution is -0.128. The van der Waals surface area contributed by atoms with Crippen LogP contribution in [0.15, 0.2) is 18.2 Å².